The minimum Gasteiger partial charge on any atom is -0.507 e. The Morgan fingerprint density at radius 2 is 1.97 bits per heavy atom. The highest BCUT2D eigenvalue weighted by molar-refractivity contribution is 6.46. The van der Waals surface area contributed by atoms with Gasteiger partial charge in [0, 0.05) is 31.0 Å². The van der Waals surface area contributed by atoms with Crippen LogP contribution in [0.4, 0.5) is 0 Å². The SMILES string of the molecule is CCN(CC)CCN1C(=O)C(=O)/C(=C(/O)c2ccc(OC)c(C)c2)C1c1cccnc1. The van der Waals surface area contributed by atoms with E-state index in [1.54, 1.807) is 48.7 Å². The largest absolute Gasteiger partial charge is 0.507 e. The van der Waals surface area contributed by atoms with E-state index in [-0.39, 0.29) is 11.3 Å². The van der Waals surface area contributed by atoms with Crippen molar-refractivity contribution in [2.75, 3.05) is 33.3 Å². The monoisotopic (exact) mass is 423 g/mol. The van der Waals surface area contributed by atoms with E-state index in [1.165, 1.54) is 0 Å². The molecular weight excluding hydrogens is 394 g/mol. The van der Waals surface area contributed by atoms with Gasteiger partial charge in [-0.25, -0.2) is 0 Å². The average Bonchev–Trinajstić information content (AvgIpc) is 3.04. The summed E-state index contributed by atoms with van der Waals surface area (Å²) >= 11 is 0. The van der Waals surface area contributed by atoms with E-state index in [0.29, 0.717) is 30.0 Å². The molecule has 164 valence electrons. The lowest BCUT2D eigenvalue weighted by Crippen LogP contribution is -2.38. The fraction of sp³-hybridized carbons (Fsp3) is 0.375. The van der Waals surface area contributed by atoms with Crippen LogP contribution in [0.1, 0.15) is 36.6 Å². The van der Waals surface area contributed by atoms with Crippen molar-refractivity contribution in [3.8, 4) is 5.75 Å². The van der Waals surface area contributed by atoms with Crippen molar-refractivity contribution in [2.45, 2.75) is 26.8 Å². The lowest BCUT2D eigenvalue weighted by molar-refractivity contribution is -0.140. The molecular formula is C24H29N3O4. The molecule has 0 aliphatic carbocycles. The van der Waals surface area contributed by atoms with Crippen LogP contribution in [-0.4, -0.2) is 64.9 Å². The maximum Gasteiger partial charge on any atom is 0.295 e. The molecule has 1 atom stereocenters. The molecule has 2 aromatic rings. The minimum atomic E-state index is -0.688. The normalized spacial score (nSPS) is 18.1. The van der Waals surface area contributed by atoms with Crippen molar-refractivity contribution >= 4 is 17.4 Å². The molecule has 1 saturated heterocycles. The summed E-state index contributed by atoms with van der Waals surface area (Å²) < 4.78 is 5.29. The fourth-order valence-electron chi connectivity index (χ4n) is 3.97. The molecule has 1 aromatic heterocycles. The maximum atomic E-state index is 13.0. The number of likely N-dealkylation sites (N-methyl/N-ethyl adjacent to an activating group) is 1. The smallest absolute Gasteiger partial charge is 0.295 e. The third-order valence-electron chi connectivity index (χ3n) is 5.76. The Morgan fingerprint density at radius 1 is 1.23 bits per heavy atom. The van der Waals surface area contributed by atoms with Crippen LogP contribution in [0.25, 0.3) is 5.76 Å². The predicted octanol–water partition coefficient (Wildman–Crippen LogP) is 3.16. The van der Waals surface area contributed by atoms with Gasteiger partial charge in [-0.3, -0.25) is 14.6 Å². The molecule has 0 radical (unpaired) electrons. The third-order valence-corrected chi connectivity index (χ3v) is 5.76. The molecule has 0 bridgehead atoms. The van der Waals surface area contributed by atoms with Crippen molar-refractivity contribution < 1.29 is 19.4 Å². The predicted molar refractivity (Wildman–Crippen MR) is 119 cm³/mol. The van der Waals surface area contributed by atoms with Gasteiger partial charge in [-0.05, 0) is 55.4 Å². The number of benzene rings is 1. The first-order chi connectivity index (χ1) is 14.9. The van der Waals surface area contributed by atoms with Gasteiger partial charge in [-0.15, -0.1) is 0 Å². The van der Waals surface area contributed by atoms with Gasteiger partial charge in [0.25, 0.3) is 11.7 Å². The Morgan fingerprint density at radius 3 is 2.55 bits per heavy atom. The van der Waals surface area contributed by atoms with E-state index in [0.717, 1.165) is 18.7 Å². The van der Waals surface area contributed by atoms with Gasteiger partial charge in [0.15, 0.2) is 0 Å². The molecule has 1 unspecified atom stereocenters. The third kappa shape index (κ3) is 4.46. The van der Waals surface area contributed by atoms with Crippen LogP contribution in [0.15, 0.2) is 48.3 Å². The van der Waals surface area contributed by atoms with E-state index >= 15 is 0 Å². The van der Waals surface area contributed by atoms with Crippen LogP contribution < -0.4 is 4.74 Å². The number of ether oxygens (including phenoxy) is 1. The van der Waals surface area contributed by atoms with Crippen molar-refractivity contribution in [3.63, 3.8) is 0 Å². The van der Waals surface area contributed by atoms with E-state index in [9.17, 15) is 14.7 Å². The van der Waals surface area contributed by atoms with Gasteiger partial charge in [0.2, 0.25) is 0 Å². The number of aromatic nitrogens is 1. The first-order valence-corrected chi connectivity index (χ1v) is 10.5. The summed E-state index contributed by atoms with van der Waals surface area (Å²) in [5, 5.41) is 11.1. The molecule has 7 heteroatoms. The zero-order valence-electron chi connectivity index (χ0n) is 18.5. The molecule has 0 saturated carbocycles. The Bertz CT molecular complexity index is 984. The van der Waals surface area contributed by atoms with Crippen molar-refractivity contribution in [1.29, 1.82) is 0 Å². The molecule has 1 aromatic carbocycles. The summed E-state index contributed by atoms with van der Waals surface area (Å²) in [7, 11) is 1.58. The second kappa shape index (κ2) is 9.75. The summed E-state index contributed by atoms with van der Waals surface area (Å²) in [5.41, 5.74) is 2.06. The molecule has 1 N–H and O–H groups in total. The van der Waals surface area contributed by atoms with Crippen LogP contribution in [0, 0.1) is 6.92 Å². The number of hydrogen-bond donors (Lipinski definition) is 1. The first-order valence-electron chi connectivity index (χ1n) is 10.5. The number of carbonyl (C=O) groups is 2. The quantitative estimate of drug-likeness (QED) is 0.399. The number of Topliss-reactive ketones (excluding diaryl/α,β-unsaturated/α-hetero) is 1. The number of rotatable bonds is 8. The van der Waals surface area contributed by atoms with E-state index in [4.69, 9.17) is 4.74 Å². The van der Waals surface area contributed by atoms with Crippen LogP contribution in [0.3, 0.4) is 0 Å². The van der Waals surface area contributed by atoms with Gasteiger partial charge in [-0.2, -0.15) is 0 Å². The number of aryl methyl sites for hydroxylation is 1. The number of nitrogens with zero attached hydrogens (tertiary/aromatic N) is 3. The maximum absolute atomic E-state index is 13.0. The highest BCUT2D eigenvalue weighted by Crippen LogP contribution is 2.39. The van der Waals surface area contributed by atoms with Crippen LogP contribution in [0.2, 0.25) is 0 Å². The number of likely N-dealkylation sites (tertiary alicyclic amines) is 1. The number of pyridine rings is 1. The molecule has 1 amide bonds. The number of aliphatic hydroxyl groups excluding tert-OH is 1. The zero-order chi connectivity index (χ0) is 22.5. The number of carbonyl (C=O) groups excluding carboxylic acids is 2. The van der Waals surface area contributed by atoms with Gasteiger partial charge in [-0.1, -0.05) is 19.9 Å². The van der Waals surface area contributed by atoms with Crippen molar-refractivity contribution in [1.82, 2.24) is 14.8 Å². The summed E-state index contributed by atoms with van der Waals surface area (Å²) in [4.78, 5) is 33.9. The minimum absolute atomic E-state index is 0.0853. The molecule has 7 nitrogen and oxygen atoms in total. The Labute approximate surface area is 183 Å². The van der Waals surface area contributed by atoms with Crippen molar-refractivity contribution in [3.05, 3.63) is 65.0 Å². The van der Waals surface area contributed by atoms with E-state index in [2.05, 4.69) is 23.7 Å². The lowest BCUT2D eigenvalue weighted by Gasteiger charge is -2.28. The highest BCUT2D eigenvalue weighted by Gasteiger charge is 2.46. The number of aliphatic hydroxyl groups is 1. The first kappa shape index (κ1) is 22.5. The van der Waals surface area contributed by atoms with Gasteiger partial charge in [0.05, 0.1) is 18.7 Å². The fourth-order valence-corrected chi connectivity index (χ4v) is 3.97. The van der Waals surface area contributed by atoms with Gasteiger partial charge in [0.1, 0.15) is 11.5 Å². The average molecular weight is 424 g/mol. The summed E-state index contributed by atoms with van der Waals surface area (Å²) in [6, 6.07) is 8.06. The molecule has 2 heterocycles. The van der Waals surface area contributed by atoms with Crippen molar-refractivity contribution in [2.24, 2.45) is 0 Å². The topological polar surface area (TPSA) is 83.0 Å². The molecule has 0 spiro atoms. The van der Waals surface area contributed by atoms with E-state index < -0.39 is 17.7 Å². The Balaban J connectivity index is 2.08. The Kier molecular flexibility index (Phi) is 7.07. The van der Waals surface area contributed by atoms with Crippen LogP contribution >= 0.6 is 0 Å². The molecule has 31 heavy (non-hydrogen) atoms. The molecule has 1 fully saturated rings. The lowest BCUT2D eigenvalue weighted by atomic mass is 9.95. The van der Waals surface area contributed by atoms with Crippen LogP contribution in [-0.2, 0) is 9.59 Å². The highest BCUT2D eigenvalue weighted by atomic mass is 16.5. The summed E-state index contributed by atoms with van der Waals surface area (Å²) in [6.07, 6.45) is 3.27. The van der Waals surface area contributed by atoms with E-state index in [1.807, 2.05) is 13.0 Å². The number of amides is 1. The summed E-state index contributed by atoms with van der Waals surface area (Å²) in [5.74, 6) is -0.796. The van der Waals surface area contributed by atoms with Gasteiger partial charge >= 0.3 is 0 Å². The second-order valence-electron chi connectivity index (χ2n) is 7.49. The number of methoxy groups -OCH3 is 1. The molecule has 3 rings (SSSR count). The standard InChI is InChI=1S/C24H29N3O4/c1-5-26(6-2)12-13-27-21(18-8-7-11-25-15-18)20(23(29)24(27)30)22(28)17-9-10-19(31-4)16(3)14-17/h7-11,14-15,21,28H,5-6,12-13H2,1-4H3/b22-20+. The van der Waals surface area contributed by atoms with Gasteiger partial charge < -0.3 is 19.6 Å². The number of hydrogen-bond acceptors (Lipinski definition) is 6. The molecule has 1 aliphatic rings. The summed E-state index contributed by atoms with van der Waals surface area (Å²) in [6.45, 7) is 8.69. The molecule has 1 aliphatic heterocycles. The van der Waals surface area contributed by atoms with Crippen LogP contribution in [0.5, 0.6) is 5.75 Å². The zero-order valence-corrected chi connectivity index (χ0v) is 18.5. The Hall–Kier alpha value is -3.19. The second-order valence-corrected chi connectivity index (χ2v) is 7.49. The number of ketones is 1.